The van der Waals surface area contributed by atoms with Gasteiger partial charge < -0.3 is 15.6 Å². The first kappa shape index (κ1) is 15.9. The van der Waals surface area contributed by atoms with Crippen LogP contribution in [0.2, 0.25) is 0 Å². The molecule has 25 heavy (non-hydrogen) atoms. The summed E-state index contributed by atoms with van der Waals surface area (Å²) < 4.78 is 0. The van der Waals surface area contributed by atoms with Gasteiger partial charge in [0.25, 0.3) is 0 Å². The van der Waals surface area contributed by atoms with Gasteiger partial charge in [0.1, 0.15) is 5.52 Å². The molecule has 1 aliphatic carbocycles. The molecule has 130 valence electrons. The molecule has 1 aliphatic rings. The highest BCUT2D eigenvalue weighted by Crippen LogP contribution is 2.24. The van der Waals surface area contributed by atoms with Gasteiger partial charge in [0, 0.05) is 12.6 Å². The maximum atomic E-state index is 4.69. The van der Waals surface area contributed by atoms with Crippen LogP contribution >= 0.6 is 0 Å². The second-order valence-corrected chi connectivity index (χ2v) is 6.64. The summed E-state index contributed by atoms with van der Waals surface area (Å²) in [4.78, 5) is 16.7. The minimum absolute atomic E-state index is 0.493. The van der Waals surface area contributed by atoms with E-state index in [1.54, 1.807) is 6.33 Å². The number of H-pyrrole nitrogens is 1. The lowest BCUT2D eigenvalue weighted by Crippen LogP contribution is -2.23. The molecular weight excluding hydrogens is 312 g/mol. The SMILES string of the molecule is c1ccc(CCNc2nc(NC3CCCCC3)c3[nH]cnc3n2)cc1. The Morgan fingerprint density at radius 2 is 1.88 bits per heavy atom. The molecule has 0 saturated heterocycles. The third-order valence-corrected chi connectivity index (χ3v) is 4.77. The van der Waals surface area contributed by atoms with Crippen LogP contribution in [-0.4, -0.2) is 32.5 Å². The second kappa shape index (κ2) is 7.51. The molecule has 1 saturated carbocycles. The fourth-order valence-electron chi connectivity index (χ4n) is 3.42. The number of rotatable bonds is 6. The predicted octanol–water partition coefficient (Wildman–Crippen LogP) is 3.75. The van der Waals surface area contributed by atoms with Crippen molar-refractivity contribution < 1.29 is 0 Å². The van der Waals surface area contributed by atoms with E-state index in [2.05, 4.69) is 49.9 Å². The van der Waals surface area contributed by atoms with E-state index in [-0.39, 0.29) is 0 Å². The summed E-state index contributed by atoms with van der Waals surface area (Å²) in [5.74, 6) is 1.49. The van der Waals surface area contributed by atoms with Crippen molar-refractivity contribution in [3.8, 4) is 0 Å². The summed E-state index contributed by atoms with van der Waals surface area (Å²) in [6.45, 7) is 0.794. The van der Waals surface area contributed by atoms with E-state index in [9.17, 15) is 0 Å². The first-order valence-corrected chi connectivity index (χ1v) is 9.14. The van der Waals surface area contributed by atoms with E-state index < -0.39 is 0 Å². The molecule has 4 rings (SSSR count). The van der Waals surface area contributed by atoms with Crippen LogP contribution in [0.15, 0.2) is 36.7 Å². The van der Waals surface area contributed by atoms with Crippen molar-refractivity contribution in [3.63, 3.8) is 0 Å². The second-order valence-electron chi connectivity index (χ2n) is 6.64. The summed E-state index contributed by atoms with van der Waals surface area (Å²) >= 11 is 0. The smallest absolute Gasteiger partial charge is 0.226 e. The van der Waals surface area contributed by atoms with Crippen LogP contribution in [0.3, 0.4) is 0 Å². The quantitative estimate of drug-likeness (QED) is 0.639. The summed E-state index contributed by atoms with van der Waals surface area (Å²) in [7, 11) is 0. The Morgan fingerprint density at radius 3 is 2.72 bits per heavy atom. The number of hydrogen-bond donors (Lipinski definition) is 3. The van der Waals surface area contributed by atoms with Gasteiger partial charge in [-0.3, -0.25) is 0 Å². The Bertz CT molecular complexity index is 807. The fraction of sp³-hybridized carbons (Fsp3) is 0.421. The van der Waals surface area contributed by atoms with Gasteiger partial charge in [-0.15, -0.1) is 0 Å². The number of hydrogen-bond acceptors (Lipinski definition) is 5. The lowest BCUT2D eigenvalue weighted by molar-refractivity contribution is 0.462. The van der Waals surface area contributed by atoms with E-state index >= 15 is 0 Å². The van der Waals surface area contributed by atoms with E-state index in [0.717, 1.165) is 24.3 Å². The first-order chi connectivity index (χ1) is 12.4. The normalized spacial score (nSPS) is 15.4. The van der Waals surface area contributed by atoms with Crippen LogP contribution in [-0.2, 0) is 6.42 Å². The molecule has 2 heterocycles. The maximum absolute atomic E-state index is 4.69. The molecule has 0 spiro atoms. The number of benzene rings is 1. The first-order valence-electron chi connectivity index (χ1n) is 9.14. The van der Waals surface area contributed by atoms with Crippen molar-refractivity contribution in [2.75, 3.05) is 17.2 Å². The van der Waals surface area contributed by atoms with Crippen LogP contribution < -0.4 is 10.6 Å². The lowest BCUT2D eigenvalue weighted by atomic mass is 9.95. The molecular formula is C19H24N6. The third-order valence-electron chi connectivity index (χ3n) is 4.77. The number of fused-ring (bicyclic) bond motifs is 1. The van der Waals surface area contributed by atoms with Gasteiger partial charge in [0.15, 0.2) is 11.5 Å². The van der Waals surface area contributed by atoms with Crippen molar-refractivity contribution in [1.82, 2.24) is 19.9 Å². The van der Waals surface area contributed by atoms with Gasteiger partial charge in [-0.2, -0.15) is 9.97 Å². The highest BCUT2D eigenvalue weighted by atomic mass is 15.2. The monoisotopic (exact) mass is 336 g/mol. The number of nitrogens with zero attached hydrogens (tertiary/aromatic N) is 3. The van der Waals surface area contributed by atoms with Gasteiger partial charge >= 0.3 is 0 Å². The Morgan fingerprint density at radius 1 is 1.04 bits per heavy atom. The van der Waals surface area contributed by atoms with Crippen LogP contribution in [0.25, 0.3) is 11.2 Å². The molecule has 6 nitrogen and oxygen atoms in total. The molecule has 0 bridgehead atoms. The predicted molar refractivity (Wildman–Crippen MR) is 101 cm³/mol. The maximum Gasteiger partial charge on any atom is 0.226 e. The van der Waals surface area contributed by atoms with Gasteiger partial charge in [0.2, 0.25) is 5.95 Å². The Hall–Kier alpha value is -2.63. The average molecular weight is 336 g/mol. The van der Waals surface area contributed by atoms with Crippen molar-refractivity contribution >= 4 is 22.9 Å². The summed E-state index contributed by atoms with van der Waals surface area (Å²) in [6.07, 6.45) is 8.95. The highest BCUT2D eigenvalue weighted by Gasteiger charge is 2.17. The lowest BCUT2D eigenvalue weighted by Gasteiger charge is -2.23. The fourth-order valence-corrected chi connectivity index (χ4v) is 3.42. The third kappa shape index (κ3) is 3.90. The van der Waals surface area contributed by atoms with Crippen molar-refractivity contribution in [3.05, 3.63) is 42.2 Å². The number of anilines is 2. The number of aromatic amines is 1. The zero-order chi connectivity index (χ0) is 16.9. The molecule has 0 aliphatic heterocycles. The number of nitrogens with one attached hydrogen (secondary N) is 3. The zero-order valence-electron chi connectivity index (χ0n) is 14.3. The molecule has 0 unspecified atom stereocenters. The van der Waals surface area contributed by atoms with Crippen LogP contribution in [0.1, 0.15) is 37.7 Å². The molecule has 0 atom stereocenters. The van der Waals surface area contributed by atoms with Crippen molar-refractivity contribution in [1.29, 1.82) is 0 Å². The van der Waals surface area contributed by atoms with E-state index in [4.69, 9.17) is 4.98 Å². The summed E-state index contributed by atoms with van der Waals surface area (Å²) in [5.41, 5.74) is 2.89. The van der Waals surface area contributed by atoms with Crippen molar-refractivity contribution in [2.24, 2.45) is 0 Å². The van der Waals surface area contributed by atoms with Gasteiger partial charge in [0.05, 0.1) is 6.33 Å². The molecule has 3 aromatic rings. The van der Waals surface area contributed by atoms with Gasteiger partial charge in [-0.25, -0.2) is 4.98 Å². The summed E-state index contributed by atoms with van der Waals surface area (Å²) in [6, 6.07) is 10.9. The largest absolute Gasteiger partial charge is 0.365 e. The highest BCUT2D eigenvalue weighted by molar-refractivity contribution is 5.83. The molecule has 0 amide bonds. The van der Waals surface area contributed by atoms with Crippen LogP contribution in [0.4, 0.5) is 11.8 Å². The van der Waals surface area contributed by atoms with Crippen LogP contribution in [0, 0.1) is 0 Å². The molecule has 1 fully saturated rings. The molecule has 2 aromatic heterocycles. The standard InChI is InChI=1S/C19H24N6/c1-3-7-14(8-4-1)11-12-20-19-24-17-16(21-13-22-17)18(25-19)23-15-9-5-2-6-10-15/h1,3-4,7-8,13,15H,2,5-6,9-12H2,(H3,20,21,22,23,24,25). The van der Waals surface area contributed by atoms with E-state index in [0.29, 0.717) is 17.6 Å². The zero-order valence-corrected chi connectivity index (χ0v) is 14.3. The van der Waals surface area contributed by atoms with Gasteiger partial charge in [-0.1, -0.05) is 49.6 Å². The van der Waals surface area contributed by atoms with Gasteiger partial charge in [-0.05, 0) is 24.8 Å². The Labute approximate surface area is 147 Å². The minimum atomic E-state index is 0.493. The topological polar surface area (TPSA) is 78.5 Å². The number of aromatic nitrogens is 4. The Balaban J connectivity index is 1.47. The Kier molecular flexibility index (Phi) is 4.77. The van der Waals surface area contributed by atoms with Crippen LogP contribution in [0.5, 0.6) is 0 Å². The van der Waals surface area contributed by atoms with E-state index in [1.165, 1.54) is 37.7 Å². The summed E-state index contributed by atoms with van der Waals surface area (Å²) in [5, 5.41) is 6.93. The van der Waals surface area contributed by atoms with Crippen molar-refractivity contribution in [2.45, 2.75) is 44.6 Å². The molecule has 6 heteroatoms. The minimum Gasteiger partial charge on any atom is -0.365 e. The average Bonchev–Trinajstić information content (AvgIpc) is 3.12. The molecule has 0 radical (unpaired) electrons. The number of imidazole rings is 1. The van der Waals surface area contributed by atoms with E-state index in [1.807, 2.05) is 6.07 Å². The molecule has 3 N–H and O–H groups in total. The molecule has 1 aromatic carbocycles.